The molecule has 0 radical (unpaired) electrons. The first kappa shape index (κ1) is 15.2. The van der Waals surface area contributed by atoms with Crippen LogP contribution in [-0.4, -0.2) is 0 Å². The Kier molecular flexibility index (Phi) is 6.41. The molecule has 2 rings (SSSR count). The van der Waals surface area contributed by atoms with Crippen LogP contribution in [0, 0.1) is 0 Å². The first-order valence-corrected chi connectivity index (χ1v) is 6.58. The van der Waals surface area contributed by atoms with E-state index in [-0.39, 0.29) is 12.4 Å². The van der Waals surface area contributed by atoms with Gasteiger partial charge in [0.1, 0.15) is 0 Å². The highest BCUT2D eigenvalue weighted by atomic mass is 79.9. The zero-order valence-electron chi connectivity index (χ0n) is 10.3. The summed E-state index contributed by atoms with van der Waals surface area (Å²) in [5.74, 6) is 0. The Balaban J connectivity index is 0.00000162. The van der Waals surface area contributed by atoms with Crippen molar-refractivity contribution in [2.24, 2.45) is 0 Å². The van der Waals surface area contributed by atoms with Crippen molar-refractivity contribution in [1.29, 1.82) is 0 Å². The van der Waals surface area contributed by atoms with Crippen LogP contribution in [0.25, 0.3) is 0 Å². The fraction of sp³-hybridized carbons (Fsp3) is 0.200. The largest absolute Gasteiger partial charge is 0.306 e. The third-order valence-electron chi connectivity index (χ3n) is 2.83. The SMILES string of the molecule is CC(NCc1ccccc1)c1ccccc1Br.Cl. The molecular formula is C15H17BrClN. The summed E-state index contributed by atoms with van der Waals surface area (Å²) in [5.41, 5.74) is 2.61. The summed E-state index contributed by atoms with van der Waals surface area (Å²) in [6.07, 6.45) is 0. The molecule has 96 valence electrons. The molecule has 0 aliphatic heterocycles. The Morgan fingerprint density at radius 2 is 1.61 bits per heavy atom. The second-order valence-electron chi connectivity index (χ2n) is 4.11. The van der Waals surface area contributed by atoms with Gasteiger partial charge in [-0.25, -0.2) is 0 Å². The Labute approximate surface area is 123 Å². The van der Waals surface area contributed by atoms with E-state index in [0.29, 0.717) is 6.04 Å². The summed E-state index contributed by atoms with van der Waals surface area (Å²) in [7, 11) is 0. The molecule has 3 heteroatoms. The van der Waals surface area contributed by atoms with Gasteiger partial charge in [-0.1, -0.05) is 64.5 Å². The Hall–Kier alpha value is -0.830. The van der Waals surface area contributed by atoms with Crippen molar-refractivity contribution in [2.75, 3.05) is 0 Å². The first-order valence-electron chi connectivity index (χ1n) is 5.79. The van der Waals surface area contributed by atoms with Gasteiger partial charge in [0.15, 0.2) is 0 Å². The summed E-state index contributed by atoms with van der Waals surface area (Å²) in [6.45, 7) is 3.08. The van der Waals surface area contributed by atoms with Crippen LogP contribution < -0.4 is 5.32 Å². The predicted octanol–water partition coefficient (Wildman–Crippen LogP) is 4.72. The molecule has 0 aliphatic carbocycles. The second kappa shape index (κ2) is 7.57. The second-order valence-corrected chi connectivity index (χ2v) is 4.96. The number of rotatable bonds is 4. The van der Waals surface area contributed by atoms with Crippen LogP contribution in [-0.2, 0) is 6.54 Å². The van der Waals surface area contributed by atoms with Crippen molar-refractivity contribution in [3.8, 4) is 0 Å². The van der Waals surface area contributed by atoms with Crippen molar-refractivity contribution in [2.45, 2.75) is 19.5 Å². The minimum atomic E-state index is 0. The molecule has 0 aromatic heterocycles. The van der Waals surface area contributed by atoms with Gasteiger partial charge in [0, 0.05) is 17.1 Å². The summed E-state index contributed by atoms with van der Waals surface area (Å²) in [4.78, 5) is 0. The molecule has 0 heterocycles. The molecule has 0 fully saturated rings. The van der Waals surface area contributed by atoms with Crippen LogP contribution in [0.1, 0.15) is 24.1 Å². The Morgan fingerprint density at radius 3 is 2.28 bits per heavy atom. The summed E-state index contributed by atoms with van der Waals surface area (Å²) in [5, 5.41) is 3.53. The van der Waals surface area contributed by atoms with E-state index in [2.05, 4.69) is 70.6 Å². The van der Waals surface area contributed by atoms with E-state index in [4.69, 9.17) is 0 Å². The molecule has 2 aromatic rings. The topological polar surface area (TPSA) is 12.0 Å². The van der Waals surface area contributed by atoms with E-state index < -0.39 is 0 Å². The third kappa shape index (κ3) is 4.13. The van der Waals surface area contributed by atoms with Gasteiger partial charge in [-0.15, -0.1) is 12.4 Å². The standard InChI is InChI=1S/C15H16BrN.ClH/c1-12(14-9-5-6-10-15(14)16)17-11-13-7-3-2-4-8-13;/h2-10,12,17H,11H2,1H3;1H. The van der Waals surface area contributed by atoms with E-state index in [1.165, 1.54) is 11.1 Å². The molecule has 1 unspecified atom stereocenters. The minimum absolute atomic E-state index is 0. The number of hydrogen-bond acceptors (Lipinski definition) is 1. The van der Waals surface area contributed by atoms with E-state index >= 15 is 0 Å². The highest BCUT2D eigenvalue weighted by molar-refractivity contribution is 9.10. The molecule has 0 amide bonds. The molecule has 18 heavy (non-hydrogen) atoms. The molecule has 0 aliphatic rings. The van der Waals surface area contributed by atoms with Crippen LogP contribution >= 0.6 is 28.3 Å². The lowest BCUT2D eigenvalue weighted by Gasteiger charge is -2.15. The van der Waals surface area contributed by atoms with Crippen molar-refractivity contribution in [1.82, 2.24) is 5.32 Å². The van der Waals surface area contributed by atoms with Gasteiger partial charge < -0.3 is 5.32 Å². The number of halogens is 2. The first-order chi connectivity index (χ1) is 8.27. The molecule has 1 N–H and O–H groups in total. The van der Waals surface area contributed by atoms with E-state index in [1.807, 2.05) is 12.1 Å². The lowest BCUT2D eigenvalue weighted by Crippen LogP contribution is -2.18. The minimum Gasteiger partial charge on any atom is -0.306 e. The molecule has 1 nitrogen and oxygen atoms in total. The highest BCUT2D eigenvalue weighted by Crippen LogP contribution is 2.22. The van der Waals surface area contributed by atoms with Crippen LogP contribution in [0.3, 0.4) is 0 Å². The summed E-state index contributed by atoms with van der Waals surface area (Å²) < 4.78 is 1.16. The summed E-state index contributed by atoms with van der Waals surface area (Å²) >= 11 is 3.58. The van der Waals surface area contributed by atoms with E-state index in [0.717, 1.165) is 11.0 Å². The lowest BCUT2D eigenvalue weighted by molar-refractivity contribution is 0.573. The van der Waals surface area contributed by atoms with Crippen molar-refractivity contribution in [3.05, 3.63) is 70.2 Å². The quantitative estimate of drug-likeness (QED) is 0.857. The maximum atomic E-state index is 3.58. The van der Waals surface area contributed by atoms with Crippen molar-refractivity contribution >= 4 is 28.3 Å². The zero-order chi connectivity index (χ0) is 12.1. The van der Waals surface area contributed by atoms with Gasteiger partial charge in [-0.3, -0.25) is 0 Å². The Morgan fingerprint density at radius 1 is 1.00 bits per heavy atom. The Bertz CT molecular complexity index is 473. The van der Waals surface area contributed by atoms with Gasteiger partial charge in [-0.05, 0) is 24.1 Å². The van der Waals surface area contributed by atoms with Crippen molar-refractivity contribution in [3.63, 3.8) is 0 Å². The van der Waals surface area contributed by atoms with Crippen LogP contribution in [0.4, 0.5) is 0 Å². The van der Waals surface area contributed by atoms with Crippen molar-refractivity contribution < 1.29 is 0 Å². The maximum Gasteiger partial charge on any atom is 0.0306 e. The van der Waals surface area contributed by atoms with Gasteiger partial charge in [0.25, 0.3) is 0 Å². The highest BCUT2D eigenvalue weighted by Gasteiger charge is 2.07. The summed E-state index contributed by atoms with van der Waals surface area (Å²) in [6, 6.07) is 19.1. The molecule has 1 atom stereocenters. The maximum absolute atomic E-state index is 3.58. The van der Waals surface area contributed by atoms with E-state index in [1.54, 1.807) is 0 Å². The predicted molar refractivity (Wildman–Crippen MR) is 83.1 cm³/mol. The number of benzene rings is 2. The molecule has 0 saturated carbocycles. The van der Waals surface area contributed by atoms with Gasteiger partial charge in [0.05, 0.1) is 0 Å². The van der Waals surface area contributed by atoms with Crippen LogP contribution in [0.2, 0.25) is 0 Å². The molecule has 2 aromatic carbocycles. The molecular weight excluding hydrogens is 310 g/mol. The van der Waals surface area contributed by atoms with E-state index in [9.17, 15) is 0 Å². The molecule has 0 saturated heterocycles. The molecule has 0 bridgehead atoms. The molecule has 0 spiro atoms. The monoisotopic (exact) mass is 325 g/mol. The average Bonchev–Trinajstić information content (AvgIpc) is 2.38. The zero-order valence-corrected chi connectivity index (χ0v) is 12.7. The average molecular weight is 327 g/mol. The van der Waals surface area contributed by atoms with Gasteiger partial charge in [0.2, 0.25) is 0 Å². The fourth-order valence-corrected chi connectivity index (χ4v) is 2.43. The van der Waals surface area contributed by atoms with Gasteiger partial charge >= 0.3 is 0 Å². The number of nitrogens with one attached hydrogen (secondary N) is 1. The van der Waals surface area contributed by atoms with Crippen LogP contribution in [0.5, 0.6) is 0 Å². The lowest BCUT2D eigenvalue weighted by atomic mass is 10.1. The normalized spacial score (nSPS) is 11.7. The van der Waals surface area contributed by atoms with Gasteiger partial charge in [-0.2, -0.15) is 0 Å². The smallest absolute Gasteiger partial charge is 0.0306 e. The fourth-order valence-electron chi connectivity index (χ4n) is 1.80. The number of hydrogen-bond donors (Lipinski definition) is 1. The third-order valence-corrected chi connectivity index (χ3v) is 3.55. The van der Waals surface area contributed by atoms with Crippen LogP contribution in [0.15, 0.2) is 59.1 Å².